The first-order valence-corrected chi connectivity index (χ1v) is 8.14. The van der Waals surface area contributed by atoms with E-state index in [0.717, 1.165) is 18.2 Å². The van der Waals surface area contributed by atoms with Gasteiger partial charge in [0.2, 0.25) is 0 Å². The van der Waals surface area contributed by atoms with Gasteiger partial charge in [-0.1, -0.05) is 38.3 Å². The minimum atomic E-state index is 0.236. The van der Waals surface area contributed by atoms with E-state index in [0.29, 0.717) is 6.04 Å². The average molecular weight is 275 g/mol. The predicted octanol–water partition coefficient (Wildman–Crippen LogP) is 4.53. The van der Waals surface area contributed by atoms with Gasteiger partial charge in [-0.15, -0.1) is 0 Å². The van der Waals surface area contributed by atoms with Gasteiger partial charge in [-0.25, -0.2) is 0 Å². The zero-order valence-electron chi connectivity index (χ0n) is 13.2. The highest BCUT2D eigenvalue weighted by molar-refractivity contribution is 5.28. The summed E-state index contributed by atoms with van der Waals surface area (Å²) in [5.41, 5.74) is 1.32. The van der Waals surface area contributed by atoms with Crippen LogP contribution in [0.2, 0.25) is 0 Å². The summed E-state index contributed by atoms with van der Waals surface area (Å²) < 4.78 is 5.76. The molecule has 2 rings (SSSR count). The molecule has 0 saturated heterocycles. The Bertz CT molecular complexity index is 402. The lowest BCUT2D eigenvalue weighted by Crippen LogP contribution is -2.33. The molecule has 1 N–H and O–H groups in total. The van der Waals surface area contributed by atoms with E-state index < -0.39 is 0 Å². The molecule has 1 fully saturated rings. The quantitative estimate of drug-likeness (QED) is 0.797. The van der Waals surface area contributed by atoms with Crippen LogP contribution in [0.25, 0.3) is 0 Å². The zero-order chi connectivity index (χ0) is 14.4. The van der Waals surface area contributed by atoms with Gasteiger partial charge in [0.25, 0.3) is 0 Å². The van der Waals surface area contributed by atoms with Gasteiger partial charge in [-0.2, -0.15) is 0 Å². The van der Waals surface area contributed by atoms with Crippen LogP contribution in [0, 0.1) is 5.92 Å². The molecule has 0 bridgehead atoms. The molecule has 1 aromatic rings. The van der Waals surface area contributed by atoms with E-state index in [9.17, 15) is 0 Å². The molecule has 2 unspecified atom stereocenters. The van der Waals surface area contributed by atoms with Crippen LogP contribution < -0.4 is 10.1 Å². The summed E-state index contributed by atoms with van der Waals surface area (Å²) in [6.45, 7) is 7.47. The molecule has 0 spiro atoms. The SMILES string of the molecule is CC(C)Oc1cccc(CNC2CCCCCC2C)c1. The summed E-state index contributed by atoms with van der Waals surface area (Å²) >= 11 is 0. The monoisotopic (exact) mass is 275 g/mol. The van der Waals surface area contributed by atoms with Crippen LogP contribution in [0.1, 0.15) is 58.4 Å². The van der Waals surface area contributed by atoms with Crippen molar-refractivity contribution in [2.24, 2.45) is 5.92 Å². The Morgan fingerprint density at radius 1 is 1.20 bits per heavy atom. The number of nitrogens with one attached hydrogen (secondary N) is 1. The largest absolute Gasteiger partial charge is 0.491 e. The molecule has 0 aliphatic heterocycles. The maximum absolute atomic E-state index is 5.76. The van der Waals surface area contributed by atoms with Gasteiger partial charge in [0.1, 0.15) is 5.75 Å². The Balaban J connectivity index is 1.89. The van der Waals surface area contributed by atoms with Crippen LogP contribution in [-0.4, -0.2) is 12.1 Å². The average Bonchev–Trinajstić information content (AvgIpc) is 2.61. The minimum Gasteiger partial charge on any atom is -0.491 e. The highest BCUT2D eigenvalue weighted by atomic mass is 16.5. The molecule has 112 valence electrons. The molecule has 2 atom stereocenters. The molecular formula is C18H29NO. The third-order valence-electron chi connectivity index (χ3n) is 4.20. The van der Waals surface area contributed by atoms with Crippen LogP contribution in [0.3, 0.4) is 0 Å². The summed E-state index contributed by atoms with van der Waals surface area (Å²) in [6, 6.07) is 9.14. The second kappa shape index (κ2) is 7.68. The van der Waals surface area contributed by atoms with Crippen LogP contribution in [0.4, 0.5) is 0 Å². The Labute approximate surface area is 123 Å². The second-order valence-corrected chi connectivity index (χ2v) is 6.42. The van der Waals surface area contributed by atoms with Crippen molar-refractivity contribution in [3.63, 3.8) is 0 Å². The lowest BCUT2D eigenvalue weighted by Gasteiger charge is -2.23. The predicted molar refractivity (Wildman–Crippen MR) is 85.1 cm³/mol. The second-order valence-electron chi connectivity index (χ2n) is 6.42. The zero-order valence-corrected chi connectivity index (χ0v) is 13.2. The summed E-state index contributed by atoms with van der Waals surface area (Å²) in [6.07, 6.45) is 7.10. The molecule has 1 aromatic carbocycles. The Morgan fingerprint density at radius 2 is 2.00 bits per heavy atom. The molecule has 1 aliphatic carbocycles. The number of hydrogen-bond acceptors (Lipinski definition) is 2. The van der Waals surface area contributed by atoms with Crippen molar-refractivity contribution in [1.82, 2.24) is 5.32 Å². The third kappa shape index (κ3) is 4.82. The van der Waals surface area contributed by atoms with Gasteiger partial charge in [-0.05, 0) is 50.3 Å². The van der Waals surface area contributed by atoms with E-state index in [1.807, 2.05) is 6.07 Å². The van der Waals surface area contributed by atoms with Crippen LogP contribution in [-0.2, 0) is 6.54 Å². The topological polar surface area (TPSA) is 21.3 Å². The Hall–Kier alpha value is -1.02. The van der Waals surface area contributed by atoms with Crippen molar-refractivity contribution in [1.29, 1.82) is 0 Å². The molecule has 20 heavy (non-hydrogen) atoms. The standard InChI is InChI=1S/C18H29NO/c1-14(2)20-17-10-7-9-16(12-17)13-19-18-11-6-4-5-8-15(18)3/h7,9-10,12,14-15,18-19H,4-6,8,11,13H2,1-3H3. The Kier molecular flexibility index (Phi) is 5.90. The maximum Gasteiger partial charge on any atom is 0.120 e. The Morgan fingerprint density at radius 3 is 2.80 bits per heavy atom. The number of ether oxygens (including phenoxy) is 1. The number of benzene rings is 1. The fourth-order valence-corrected chi connectivity index (χ4v) is 3.05. The van der Waals surface area contributed by atoms with Crippen LogP contribution in [0.15, 0.2) is 24.3 Å². The number of rotatable bonds is 5. The normalized spacial score (nSPS) is 23.6. The summed E-state index contributed by atoms with van der Waals surface area (Å²) in [5.74, 6) is 1.78. The van der Waals surface area contributed by atoms with E-state index in [4.69, 9.17) is 4.74 Å². The third-order valence-corrected chi connectivity index (χ3v) is 4.20. The van der Waals surface area contributed by atoms with Gasteiger partial charge in [0, 0.05) is 12.6 Å². The van der Waals surface area contributed by atoms with Gasteiger partial charge in [0.05, 0.1) is 6.10 Å². The summed E-state index contributed by atoms with van der Waals surface area (Å²) in [7, 11) is 0. The van der Waals surface area contributed by atoms with Gasteiger partial charge >= 0.3 is 0 Å². The van der Waals surface area contributed by atoms with Gasteiger partial charge < -0.3 is 10.1 Å². The molecule has 1 aliphatic rings. The molecule has 0 aromatic heterocycles. The molecule has 2 nitrogen and oxygen atoms in total. The first-order chi connectivity index (χ1) is 9.65. The minimum absolute atomic E-state index is 0.236. The molecule has 0 amide bonds. The van der Waals surface area contributed by atoms with E-state index in [1.54, 1.807) is 0 Å². The lowest BCUT2D eigenvalue weighted by atomic mass is 9.97. The van der Waals surface area contributed by atoms with E-state index in [-0.39, 0.29) is 6.10 Å². The van der Waals surface area contributed by atoms with Crippen LogP contribution in [0.5, 0.6) is 5.75 Å². The van der Waals surface area contributed by atoms with Crippen molar-refractivity contribution in [2.45, 2.75) is 71.6 Å². The fourth-order valence-electron chi connectivity index (χ4n) is 3.05. The molecular weight excluding hydrogens is 246 g/mol. The van der Waals surface area contributed by atoms with Crippen LogP contribution >= 0.6 is 0 Å². The van der Waals surface area contributed by atoms with Crippen molar-refractivity contribution >= 4 is 0 Å². The maximum atomic E-state index is 5.76. The molecule has 0 heterocycles. The molecule has 0 radical (unpaired) electrons. The summed E-state index contributed by atoms with van der Waals surface area (Å²) in [5, 5.41) is 3.75. The highest BCUT2D eigenvalue weighted by Crippen LogP contribution is 2.23. The number of hydrogen-bond donors (Lipinski definition) is 1. The molecule has 2 heteroatoms. The highest BCUT2D eigenvalue weighted by Gasteiger charge is 2.19. The van der Waals surface area contributed by atoms with E-state index >= 15 is 0 Å². The van der Waals surface area contributed by atoms with Gasteiger partial charge in [0.15, 0.2) is 0 Å². The first-order valence-electron chi connectivity index (χ1n) is 8.14. The van der Waals surface area contributed by atoms with Crippen molar-refractivity contribution in [3.05, 3.63) is 29.8 Å². The first kappa shape index (κ1) is 15.4. The smallest absolute Gasteiger partial charge is 0.120 e. The van der Waals surface area contributed by atoms with E-state index in [1.165, 1.54) is 37.7 Å². The van der Waals surface area contributed by atoms with Gasteiger partial charge in [-0.3, -0.25) is 0 Å². The van der Waals surface area contributed by atoms with Crippen molar-refractivity contribution in [2.75, 3.05) is 0 Å². The van der Waals surface area contributed by atoms with Crippen molar-refractivity contribution in [3.8, 4) is 5.75 Å². The summed E-state index contributed by atoms with van der Waals surface area (Å²) in [4.78, 5) is 0. The lowest BCUT2D eigenvalue weighted by molar-refractivity contribution is 0.242. The van der Waals surface area contributed by atoms with E-state index in [2.05, 4.69) is 44.3 Å². The molecule has 1 saturated carbocycles. The van der Waals surface area contributed by atoms with Crippen molar-refractivity contribution < 1.29 is 4.74 Å². The fraction of sp³-hybridized carbons (Fsp3) is 0.667.